The lowest BCUT2D eigenvalue weighted by Crippen LogP contribution is -2.40. The first-order valence-corrected chi connectivity index (χ1v) is 8.42. The second-order valence-corrected chi connectivity index (χ2v) is 6.37. The molecule has 1 aromatic heterocycles. The molecule has 124 valence electrons. The molecule has 0 bridgehead atoms. The molecule has 1 aromatic rings. The van der Waals surface area contributed by atoms with Crippen molar-refractivity contribution in [1.29, 1.82) is 5.26 Å². The van der Waals surface area contributed by atoms with E-state index in [9.17, 15) is 4.79 Å². The fourth-order valence-corrected chi connectivity index (χ4v) is 2.76. The number of aromatic nitrogens is 1. The molecular formula is C18H25N3O2. The second kappa shape index (κ2) is 8.52. The van der Waals surface area contributed by atoms with Crippen LogP contribution in [0.3, 0.4) is 0 Å². The molecule has 23 heavy (non-hydrogen) atoms. The topological polar surface area (TPSA) is 75.0 Å². The van der Waals surface area contributed by atoms with Crippen LogP contribution in [-0.2, 0) is 4.79 Å². The van der Waals surface area contributed by atoms with Gasteiger partial charge in [-0.05, 0) is 37.7 Å². The summed E-state index contributed by atoms with van der Waals surface area (Å²) < 4.78 is 5.86. The van der Waals surface area contributed by atoms with Gasteiger partial charge in [0.2, 0.25) is 11.8 Å². The van der Waals surface area contributed by atoms with Gasteiger partial charge < -0.3 is 10.1 Å². The molecular weight excluding hydrogens is 290 g/mol. The van der Waals surface area contributed by atoms with Crippen LogP contribution < -0.4 is 10.1 Å². The highest BCUT2D eigenvalue weighted by Crippen LogP contribution is 2.23. The third-order valence-corrected chi connectivity index (χ3v) is 4.42. The van der Waals surface area contributed by atoms with Crippen molar-refractivity contribution in [1.82, 2.24) is 10.3 Å². The SMILES string of the molecule is CCC(C)CC(=O)NC1CCC(Oc2ccc(C#N)cn2)CC1. The largest absolute Gasteiger partial charge is 0.474 e. The number of pyridine rings is 1. The Morgan fingerprint density at radius 2 is 2.17 bits per heavy atom. The van der Waals surface area contributed by atoms with Gasteiger partial charge in [-0.15, -0.1) is 0 Å². The minimum absolute atomic E-state index is 0.137. The first kappa shape index (κ1) is 17.3. The normalized spacial score (nSPS) is 22.0. The highest BCUT2D eigenvalue weighted by atomic mass is 16.5. The third kappa shape index (κ3) is 5.55. The number of nitrogens with one attached hydrogen (secondary N) is 1. The Labute approximate surface area is 138 Å². The zero-order valence-corrected chi connectivity index (χ0v) is 13.9. The van der Waals surface area contributed by atoms with Crippen molar-refractivity contribution in [2.45, 2.75) is 64.5 Å². The van der Waals surface area contributed by atoms with Crippen LogP contribution in [0.1, 0.15) is 57.9 Å². The summed E-state index contributed by atoms with van der Waals surface area (Å²) in [6.45, 7) is 4.21. The Morgan fingerprint density at radius 1 is 1.43 bits per heavy atom. The van der Waals surface area contributed by atoms with Crippen molar-refractivity contribution in [3.05, 3.63) is 23.9 Å². The number of carbonyl (C=O) groups excluding carboxylic acids is 1. The van der Waals surface area contributed by atoms with Gasteiger partial charge in [-0.1, -0.05) is 20.3 Å². The Bertz CT molecular complexity index is 542. The Balaban J connectivity index is 1.73. The molecule has 0 saturated heterocycles. The molecule has 1 heterocycles. The molecule has 1 unspecified atom stereocenters. The summed E-state index contributed by atoms with van der Waals surface area (Å²) in [6.07, 6.45) is 7.01. The predicted molar refractivity (Wildman–Crippen MR) is 87.8 cm³/mol. The third-order valence-electron chi connectivity index (χ3n) is 4.42. The molecule has 1 saturated carbocycles. The predicted octanol–water partition coefficient (Wildman–Crippen LogP) is 3.20. The smallest absolute Gasteiger partial charge is 0.220 e. The van der Waals surface area contributed by atoms with E-state index >= 15 is 0 Å². The van der Waals surface area contributed by atoms with Crippen molar-refractivity contribution in [3.8, 4) is 11.9 Å². The number of nitriles is 1. The van der Waals surface area contributed by atoms with E-state index in [2.05, 4.69) is 24.1 Å². The van der Waals surface area contributed by atoms with E-state index in [1.807, 2.05) is 6.07 Å². The first-order chi connectivity index (χ1) is 11.1. The number of rotatable bonds is 6. The lowest BCUT2D eigenvalue weighted by molar-refractivity contribution is -0.123. The van der Waals surface area contributed by atoms with E-state index in [1.54, 1.807) is 12.1 Å². The molecule has 1 N–H and O–H groups in total. The Kier molecular flexibility index (Phi) is 6.40. The molecule has 5 nitrogen and oxygen atoms in total. The maximum Gasteiger partial charge on any atom is 0.220 e. The molecule has 0 aliphatic heterocycles. The average Bonchev–Trinajstić information content (AvgIpc) is 2.57. The van der Waals surface area contributed by atoms with E-state index in [-0.39, 0.29) is 18.1 Å². The van der Waals surface area contributed by atoms with Crippen LogP contribution >= 0.6 is 0 Å². The molecule has 1 aliphatic carbocycles. The Hall–Kier alpha value is -2.09. The van der Waals surface area contributed by atoms with Gasteiger partial charge in [-0.3, -0.25) is 4.79 Å². The maximum atomic E-state index is 11.9. The molecule has 1 amide bonds. The summed E-state index contributed by atoms with van der Waals surface area (Å²) in [5.74, 6) is 1.17. The van der Waals surface area contributed by atoms with Gasteiger partial charge in [-0.2, -0.15) is 5.26 Å². The van der Waals surface area contributed by atoms with Gasteiger partial charge in [0, 0.05) is 24.7 Å². The quantitative estimate of drug-likeness (QED) is 0.874. The lowest BCUT2D eigenvalue weighted by atomic mass is 9.92. The van der Waals surface area contributed by atoms with Gasteiger partial charge in [0.1, 0.15) is 12.2 Å². The number of amides is 1. The van der Waals surface area contributed by atoms with Crippen LogP contribution in [0.15, 0.2) is 18.3 Å². The fourth-order valence-electron chi connectivity index (χ4n) is 2.76. The van der Waals surface area contributed by atoms with E-state index < -0.39 is 0 Å². The van der Waals surface area contributed by atoms with Crippen molar-refractivity contribution < 1.29 is 9.53 Å². The number of carbonyl (C=O) groups is 1. The summed E-state index contributed by atoms with van der Waals surface area (Å²) in [6, 6.07) is 5.75. The summed E-state index contributed by atoms with van der Waals surface area (Å²) in [5.41, 5.74) is 0.532. The van der Waals surface area contributed by atoms with Gasteiger partial charge in [-0.25, -0.2) is 4.98 Å². The summed E-state index contributed by atoms with van der Waals surface area (Å²) >= 11 is 0. The number of hydrogen-bond acceptors (Lipinski definition) is 4. The highest BCUT2D eigenvalue weighted by Gasteiger charge is 2.24. The number of hydrogen-bond donors (Lipinski definition) is 1. The zero-order valence-electron chi connectivity index (χ0n) is 13.9. The van der Waals surface area contributed by atoms with E-state index in [4.69, 9.17) is 10.00 Å². The maximum absolute atomic E-state index is 11.9. The van der Waals surface area contributed by atoms with Crippen LogP contribution in [-0.4, -0.2) is 23.0 Å². The molecule has 2 rings (SSSR count). The molecule has 1 fully saturated rings. The van der Waals surface area contributed by atoms with Crippen molar-refractivity contribution >= 4 is 5.91 Å². The monoisotopic (exact) mass is 315 g/mol. The summed E-state index contributed by atoms with van der Waals surface area (Å²) in [7, 11) is 0. The Morgan fingerprint density at radius 3 is 2.74 bits per heavy atom. The van der Waals surface area contributed by atoms with E-state index in [1.165, 1.54) is 6.20 Å². The first-order valence-electron chi connectivity index (χ1n) is 8.42. The minimum atomic E-state index is 0.137. The van der Waals surface area contributed by atoms with Gasteiger partial charge in [0.25, 0.3) is 0 Å². The average molecular weight is 315 g/mol. The minimum Gasteiger partial charge on any atom is -0.474 e. The second-order valence-electron chi connectivity index (χ2n) is 6.37. The van der Waals surface area contributed by atoms with Crippen molar-refractivity contribution in [2.75, 3.05) is 0 Å². The number of nitrogens with zero attached hydrogens (tertiary/aromatic N) is 2. The molecule has 0 spiro atoms. The van der Waals surface area contributed by atoms with Crippen LogP contribution in [0.2, 0.25) is 0 Å². The van der Waals surface area contributed by atoms with Crippen LogP contribution in [0.5, 0.6) is 5.88 Å². The molecule has 1 aliphatic rings. The van der Waals surface area contributed by atoms with Crippen LogP contribution in [0, 0.1) is 17.2 Å². The fraction of sp³-hybridized carbons (Fsp3) is 0.611. The molecule has 0 aromatic carbocycles. The van der Waals surface area contributed by atoms with Crippen molar-refractivity contribution in [3.63, 3.8) is 0 Å². The van der Waals surface area contributed by atoms with E-state index in [0.717, 1.165) is 32.1 Å². The van der Waals surface area contributed by atoms with Gasteiger partial charge in [0.15, 0.2) is 0 Å². The van der Waals surface area contributed by atoms with Gasteiger partial charge in [0.05, 0.1) is 5.56 Å². The summed E-state index contributed by atoms with van der Waals surface area (Å²) in [5, 5.41) is 11.9. The van der Waals surface area contributed by atoms with E-state index in [0.29, 0.717) is 23.8 Å². The molecule has 0 radical (unpaired) electrons. The molecule has 1 atom stereocenters. The van der Waals surface area contributed by atoms with Crippen molar-refractivity contribution in [2.24, 2.45) is 5.92 Å². The zero-order chi connectivity index (χ0) is 16.7. The highest BCUT2D eigenvalue weighted by molar-refractivity contribution is 5.76. The standard InChI is InChI=1S/C18H25N3O2/c1-3-13(2)10-17(22)21-15-5-7-16(8-6-15)23-18-9-4-14(11-19)12-20-18/h4,9,12-13,15-16H,3,5-8,10H2,1-2H3,(H,21,22). The van der Waals surface area contributed by atoms with Gasteiger partial charge >= 0.3 is 0 Å². The molecule has 5 heteroatoms. The lowest BCUT2D eigenvalue weighted by Gasteiger charge is -2.29. The van der Waals surface area contributed by atoms with Crippen LogP contribution in [0.4, 0.5) is 0 Å². The van der Waals surface area contributed by atoms with Crippen LogP contribution in [0.25, 0.3) is 0 Å². The number of ether oxygens (including phenoxy) is 1. The summed E-state index contributed by atoms with van der Waals surface area (Å²) in [4.78, 5) is 16.1.